The van der Waals surface area contributed by atoms with Crippen molar-refractivity contribution in [3.63, 3.8) is 0 Å². The summed E-state index contributed by atoms with van der Waals surface area (Å²) < 4.78 is 0. The summed E-state index contributed by atoms with van der Waals surface area (Å²) in [6.07, 6.45) is 5.23. The van der Waals surface area contributed by atoms with Crippen LogP contribution < -0.4 is 5.32 Å². The summed E-state index contributed by atoms with van der Waals surface area (Å²) in [6.45, 7) is 11.1. The van der Waals surface area contributed by atoms with Gasteiger partial charge in [-0.25, -0.2) is 19.2 Å². The molecule has 1 amide bonds. The summed E-state index contributed by atoms with van der Waals surface area (Å²) in [4.78, 5) is 64.6. The van der Waals surface area contributed by atoms with Gasteiger partial charge < -0.3 is 30.6 Å². The zero-order valence-electron chi connectivity index (χ0n) is 22.3. The second-order valence-corrected chi connectivity index (χ2v) is 9.24. The van der Waals surface area contributed by atoms with Gasteiger partial charge in [-0.15, -0.1) is 0 Å². The van der Waals surface area contributed by atoms with Crippen LogP contribution in [0.4, 0.5) is 0 Å². The fraction of sp³-hybridized carbons (Fsp3) is 0.462. The molecule has 13 nitrogen and oxygen atoms in total. The number of carbonyl (C=O) groups is 6. The minimum Gasteiger partial charge on any atom is -0.473 e. The van der Waals surface area contributed by atoms with Gasteiger partial charge in [0, 0.05) is 57.6 Å². The first-order valence-corrected chi connectivity index (χ1v) is 12.0. The van der Waals surface area contributed by atoms with Crippen molar-refractivity contribution in [3.8, 4) is 0 Å². The Balaban J connectivity index is 0.00000100. The van der Waals surface area contributed by atoms with Gasteiger partial charge in [0.2, 0.25) is 5.91 Å². The monoisotopic (exact) mass is 551 g/mol. The number of amides is 1. The molecule has 0 bridgehead atoms. The lowest BCUT2D eigenvalue weighted by atomic mass is 9.98. The third-order valence-corrected chi connectivity index (χ3v) is 5.13. The third-order valence-electron chi connectivity index (χ3n) is 5.13. The van der Waals surface area contributed by atoms with Crippen LogP contribution in [0.25, 0.3) is 6.08 Å². The predicted octanol–water partition coefficient (Wildman–Crippen LogP) is 0.893. The van der Waals surface area contributed by atoms with Gasteiger partial charge in [0.1, 0.15) is 5.78 Å². The van der Waals surface area contributed by atoms with Gasteiger partial charge in [-0.3, -0.25) is 14.5 Å². The second kappa shape index (κ2) is 18.2. The maximum atomic E-state index is 12.2. The Bertz CT molecular complexity index is 952. The van der Waals surface area contributed by atoms with Gasteiger partial charge in [-0.1, -0.05) is 42.5 Å². The van der Waals surface area contributed by atoms with Crippen LogP contribution in [-0.2, 0) is 28.8 Å². The Morgan fingerprint density at radius 2 is 1.28 bits per heavy atom. The van der Waals surface area contributed by atoms with E-state index in [0.717, 1.165) is 39.3 Å². The third kappa shape index (κ3) is 18.7. The van der Waals surface area contributed by atoms with Crippen LogP contribution in [0.2, 0.25) is 0 Å². The number of hydrogen-bond acceptors (Lipinski definition) is 8. The van der Waals surface area contributed by atoms with Crippen molar-refractivity contribution in [3.05, 3.63) is 42.0 Å². The lowest BCUT2D eigenvalue weighted by Crippen LogP contribution is -2.48. The van der Waals surface area contributed by atoms with Crippen LogP contribution in [0.5, 0.6) is 0 Å². The highest BCUT2D eigenvalue weighted by Gasteiger charge is 2.23. The average Bonchev–Trinajstić information content (AvgIpc) is 2.83. The fourth-order valence-electron chi connectivity index (χ4n) is 3.46. The Morgan fingerprint density at radius 3 is 1.72 bits per heavy atom. The van der Waals surface area contributed by atoms with Crippen molar-refractivity contribution in [2.75, 3.05) is 39.3 Å². The van der Waals surface area contributed by atoms with E-state index in [1.807, 2.05) is 19.9 Å². The molecule has 1 aromatic rings. The molecule has 2 rings (SSSR count). The molecule has 5 N–H and O–H groups in total. The number of piperazine rings is 1. The van der Waals surface area contributed by atoms with Gasteiger partial charge in [0.05, 0.1) is 0 Å². The average molecular weight is 552 g/mol. The molecule has 0 spiro atoms. The maximum absolute atomic E-state index is 12.2. The molecular formula is C26H37N3O10. The summed E-state index contributed by atoms with van der Waals surface area (Å²) >= 11 is 0. The summed E-state index contributed by atoms with van der Waals surface area (Å²) in [5, 5.41) is 32.5. The fourth-order valence-corrected chi connectivity index (χ4v) is 3.46. The molecule has 13 heteroatoms. The number of carboxylic acid groups (broad SMARTS) is 4. The molecule has 1 aliphatic heterocycles. The van der Waals surface area contributed by atoms with Crippen molar-refractivity contribution in [1.82, 2.24) is 15.1 Å². The minimum absolute atomic E-state index is 0.0227. The van der Waals surface area contributed by atoms with Crippen molar-refractivity contribution in [2.24, 2.45) is 0 Å². The lowest BCUT2D eigenvalue weighted by molar-refractivity contribution is -0.159. The molecule has 1 aliphatic rings. The quantitative estimate of drug-likeness (QED) is 0.272. The number of rotatable bonds is 9. The molecule has 0 radical (unpaired) electrons. The highest BCUT2D eigenvalue weighted by Crippen LogP contribution is 2.10. The molecule has 1 heterocycles. The van der Waals surface area contributed by atoms with Gasteiger partial charge in [0.15, 0.2) is 0 Å². The number of carbonyl (C=O) groups excluding carboxylic acids is 2. The van der Waals surface area contributed by atoms with E-state index in [4.69, 9.17) is 39.6 Å². The smallest absolute Gasteiger partial charge is 0.414 e. The standard InChI is InChI=1S/C22H33N3O2.2C2H2O4/c1-19(26)18-22(2,3)23-21(27)11-13-25-16-14-24(15-17-25)12-7-10-20-8-5-4-6-9-20;2*3-1(4)2(5)6/h4-10H,11-18H2,1-3H3,(H,23,27);2*(H,3,4)(H,5,6)/b10-7+;;. The highest BCUT2D eigenvalue weighted by atomic mass is 16.4. The highest BCUT2D eigenvalue weighted by molar-refractivity contribution is 6.27. The molecular weight excluding hydrogens is 514 g/mol. The molecule has 0 aromatic heterocycles. The maximum Gasteiger partial charge on any atom is 0.414 e. The molecule has 0 atom stereocenters. The first-order chi connectivity index (χ1) is 18.1. The molecule has 1 saturated heterocycles. The first-order valence-electron chi connectivity index (χ1n) is 12.0. The van der Waals surface area contributed by atoms with Crippen molar-refractivity contribution >= 4 is 41.6 Å². The van der Waals surface area contributed by atoms with Crippen LogP contribution in [0.1, 0.15) is 39.2 Å². The number of hydrogen-bond donors (Lipinski definition) is 5. The predicted molar refractivity (Wildman–Crippen MR) is 141 cm³/mol. The summed E-state index contributed by atoms with van der Waals surface area (Å²) in [7, 11) is 0. The Morgan fingerprint density at radius 1 is 0.821 bits per heavy atom. The zero-order valence-corrected chi connectivity index (χ0v) is 22.3. The van der Waals surface area contributed by atoms with Crippen LogP contribution in [0, 0.1) is 0 Å². The Labute approximate surface area is 226 Å². The van der Waals surface area contributed by atoms with Gasteiger partial charge >= 0.3 is 23.9 Å². The largest absolute Gasteiger partial charge is 0.473 e. The van der Waals surface area contributed by atoms with Crippen molar-refractivity contribution < 1.29 is 49.2 Å². The van der Waals surface area contributed by atoms with E-state index < -0.39 is 29.4 Å². The van der Waals surface area contributed by atoms with Gasteiger partial charge in [-0.05, 0) is 26.3 Å². The second-order valence-electron chi connectivity index (χ2n) is 9.24. The molecule has 0 aliphatic carbocycles. The SMILES string of the molecule is CC(=O)CC(C)(C)NC(=O)CCN1CCN(C/C=C/c2ccccc2)CC1.O=C(O)C(=O)O.O=C(O)C(=O)O. The summed E-state index contributed by atoms with van der Waals surface area (Å²) in [5.74, 6) is -7.18. The van der Waals surface area contributed by atoms with E-state index in [2.05, 4.69) is 51.5 Å². The van der Waals surface area contributed by atoms with Crippen LogP contribution >= 0.6 is 0 Å². The van der Waals surface area contributed by atoms with Gasteiger partial charge in [0.25, 0.3) is 0 Å². The van der Waals surface area contributed by atoms with Crippen LogP contribution in [0.3, 0.4) is 0 Å². The lowest BCUT2D eigenvalue weighted by Gasteiger charge is -2.34. The number of nitrogens with one attached hydrogen (secondary N) is 1. The first kappa shape index (κ1) is 34.9. The van der Waals surface area contributed by atoms with E-state index >= 15 is 0 Å². The van der Waals surface area contributed by atoms with Gasteiger partial charge in [-0.2, -0.15) is 0 Å². The summed E-state index contributed by atoms with van der Waals surface area (Å²) in [5.41, 5.74) is 0.766. The number of Topliss-reactive ketones (excluding diaryl/α,β-unsaturated/α-hetero) is 1. The van der Waals surface area contributed by atoms with Crippen molar-refractivity contribution in [1.29, 1.82) is 0 Å². The molecule has 1 aromatic carbocycles. The number of benzene rings is 1. The molecule has 216 valence electrons. The van der Waals surface area contributed by atoms with E-state index in [-0.39, 0.29) is 11.7 Å². The van der Waals surface area contributed by atoms with Crippen molar-refractivity contribution in [2.45, 2.75) is 39.2 Å². The van der Waals surface area contributed by atoms with E-state index in [1.165, 1.54) is 5.56 Å². The topological polar surface area (TPSA) is 202 Å². The molecule has 0 unspecified atom stereocenters. The van der Waals surface area contributed by atoms with E-state index in [0.29, 0.717) is 12.8 Å². The van der Waals surface area contributed by atoms with E-state index in [1.54, 1.807) is 6.92 Å². The molecule has 1 fully saturated rings. The summed E-state index contributed by atoms with van der Waals surface area (Å²) in [6, 6.07) is 10.3. The number of carboxylic acids is 4. The molecule has 39 heavy (non-hydrogen) atoms. The zero-order chi connectivity index (χ0) is 30.0. The minimum atomic E-state index is -1.82. The normalized spacial score (nSPS) is 13.7. The van der Waals surface area contributed by atoms with E-state index in [9.17, 15) is 9.59 Å². The molecule has 0 saturated carbocycles. The Hall–Kier alpha value is -4.10. The number of nitrogens with zero attached hydrogens (tertiary/aromatic N) is 2. The number of aliphatic carboxylic acids is 4. The van der Waals surface area contributed by atoms with Crippen LogP contribution in [0.15, 0.2) is 36.4 Å². The van der Waals surface area contributed by atoms with Crippen LogP contribution in [-0.4, -0.2) is 111 Å². The Kier molecular flexibility index (Phi) is 16.3. The number of ketones is 1.